The minimum Gasteiger partial charge on any atom is -0.465 e. The van der Waals surface area contributed by atoms with Crippen molar-refractivity contribution in [1.82, 2.24) is 0 Å². The molecule has 2 aromatic rings. The SMILES string of the molecule is COC(=O)C([NH3+])C(C)(C)CS(=O)(=O)c1ccc(Oc2ccccc2)cc1. The highest BCUT2D eigenvalue weighted by Crippen LogP contribution is 2.27. The van der Waals surface area contributed by atoms with Crippen molar-refractivity contribution in [3.8, 4) is 11.5 Å². The summed E-state index contributed by atoms with van der Waals surface area (Å²) in [5.74, 6) is 0.459. The van der Waals surface area contributed by atoms with Crippen LogP contribution in [0.3, 0.4) is 0 Å². The molecule has 0 amide bonds. The Hall–Kier alpha value is -2.38. The molecule has 1 atom stereocenters. The Morgan fingerprint density at radius 2 is 1.58 bits per heavy atom. The number of rotatable bonds is 7. The van der Waals surface area contributed by atoms with Crippen LogP contribution >= 0.6 is 0 Å². The Kier molecular flexibility index (Phi) is 6.05. The van der Waals surface area contributed by atoms with Crippen LogP contribution < -0.4 is 10.5 Å². The van der Waals surface area contributed by atoms with E-state index >= 15 is 0 Å². The molecule has 0 bridgehead atoms. The molecule has 0 aliphatic rings. The highest BCUT2D eigenvalue weighted by atomic mass is 32.2. The van der Waals surface area contributed by atoms with E-state index in [1.165, 1.54) is 19.2 Å². The van der Waals surface area contributed by atoms with Crippen molar-refractivity contribution in [2.45, 2.75) is 24.8 Å². The minimum absolute atomic E-state index is 0.169. The maximum absolute atomic E-state index is 12.7. The fraction of sp³-hybridized carbons (Fsp3) is 0.316. The summed E-state index contributed by atoms with van der Waals surface area (Å²) in [6.07, 6.45) is 0. The number of para-hydroxylation sites is 1. The van der Waals surface area contributed by atoms with Crippen LogP contribution in [0.1, 0.15) is 13.8 Å². The van der Waals surface area contributed by atoms with Crippen molar-refractivity contribution in [3.05, 3.63) is 54.6 Å². The molecule has 0 radical (unpaired) electrons. The third-order valence-corrected chi connectivity index (χ3v) is 6.27. The first-order valence-electron chi connectivity index (χ1n) is 8.12. The maximum atomic E-state index is 12.7. The summed E-state index contributed by atoms with van der Waals surface area (Å²) in [6, 6.07) is 14.6. The molecular weight excluding hydrogens is 354 g/mol. The molecule has 2 aromatic carbocycles. The van der Waals surface area contributed by atoms with Gasteiger partial charge >= 0.3 is 5.97 Å². The Labute approximate surface area is 153 Å². The first kappa shape index (κ1) is 19.9. The van der Waals surface area contributed by atoms with Gasteiger partial charge in [0.1, 0.15) is 11.5 Å². The van der Waals surface area contributed by atoms with Crippen LogP contribution in [-0.2, 0) is 19.4 Å². The van der Waals surface area contributed by atoms with Gasteiger partial charge in [-0.1, -0.05) is 32.0 Å². The van der Waals surface area contributed by atoms with Gasteiger partial charge in [0.05, 0.1) is 17.8 Å². The predicted octanol–water partition coefficient (Wildman–Crippen LogP) is 2.06. The molecule has 2 rings (SSSR count). The van der Waals surface area contributed by atoms with Crippen molar-refractivity contribution in [1.29, 1.82) is 0 Å². The third-order valence-electron chi connectivity index (χ3n) is 4.15. The van der Waals surface area contributed by atoms with Crippen LogP contribution in [0.15, 0.2) is 59.5 Å². The van der Waals surface area contributed by atoms with Crippen LogP contribution in [0, 0.1) is 5.41 Å². The van der Waals surface area contributed by atoms with Gasteiger partial charge < -0.3 is 15.2 Å². The van der Waals surface area contributed by atoms with Crippen LogP contribution in [0.2, 0.25) is 0 Å². The number of carbonyl (C=O) groups is 1. The van der Waals surface area contributed by atoms with Crippen LogP contribution in [0.25, 0.3) is 0 Å². The van der Waals surface area contributed by atoms with Gasteiger partial charge in [0.25, 0.3) is 0 Å². The van der Waals surface area contributed by atoms with Gasteiger partial charge in [0.15, 0.2) is 15.9 Å². The van der Waals surface area contributed by atoms with Crippen molar-refractivity contribution < 1.29 is 28.4 Å². The molecule has 0 aliphatic carbocycles. The lowest BCUT2D eigenvalue weighted by Gasteiger charge is -2.26. The second-order valence-corrected chi connectivity index (χ2v) is 8.70. The minimum atomic E-state index is -3.60. The van der Waals surface area contributed by atoms with Gasteiger partial charge in [-0.25, -0.2) is 13.2 Å². The second-order valence-electron chi connectivity index (χ2n) is 6.71. The zero-order valence-electron chi connectivity index (χ0n) is 15.1. The fourth-order valence-electron chi connectivity index (χ4n) is 2.47. The van der Waals surface area contributed by atoms with E-state index in [-0.39, 0.29) is 10.6 Å². The molecule has 0 heterocycles. The summed E-state index contributed by atoms with van der Waals surface area (Å²) in [6.45, 7) is 3.37. The van der Waals surface area contributed by atoms with E-state index in [0.717, 1.165) is 0 Å². The quantitative estimate of drug-likeness (QED) is 0.744. The van der Waals surface area contributed by atoms with Crippen LogP contribution in [-0.4, -0.2) is 33.3 Å². The van der Waals surface area contributed by atoms with Gasteiger partial charge in [-0.15, -0.1) is 0 Å². The highest BCUT2D eigenvalue weighted by Gasteiger charge is 2.40. The van der Waals surface area contributed by atoms with E-state index in [9.17, 15) is 13.2 Å². The summed E-state index contributed by atoms with van der Waals surface area (Å²) in [4.78, 5) is 11.9. The monoisotopic (exact) mass is 378 g/mol. The van der Waals surface area contributed by atoms with Gasteiger partial charge in [-0.3, -0.25) is 0 Å². The number of hydrogen-bond donors (Lipinski definition) is 1. The number of ether oxygens (including phenoxy) is 2. The van der Waals surface area contributed by atoms with E-state index in [4.69, 9.17) is 4.74 Å². The zero-order valence-corrected chi connectivity index (χ0v) is 16.0. The molecule has 1 unspecified atom stereocenters. The van der Waals surface area contributed by atoms with Crippen molar-refractivity contribution in [2.24, 2.45) is 5.41 Å². The number of sulfone groups is 1. The Morgan fingerprint density at radius 3 is 2.12 bits per heavy atom. The molecule has 7 heteroatoms. The lowest BCUT2D eigenvalue weighted by atomic mass is 9.87. The van der Waals surface area contributed by atoms with Gasteiger partial charge in [0, 0.05) is 5.41 Å². The molecular formula is C19H24NO5S+. The van der Waals surface area contributed by atoms with Crippen molar-refractivity contribution >= 4 is 15.8 Å². The number of benzene rings is 2. The largest absolute Gasteiger partial charge is 0.465 e. The zero-order chi connectivity index (χ0) is 19.4. The normalized spacial score (nSPS) is 13.1. The standard InChI is InChI=1S/C19H23NO5S/c1-19(2,17(20)18(21)24-3)13-26(22,23)16-11-9-15(10-12-16)25-14-7-5-4-6-8-14/h4-12,17H,13,20H2,1-3H3/p+1. The van der Waals surface area contributed by atoms with Crippen LogP contribution in [0.5, 0.6) is 11.5 Å². The average Bonchev–Trinajstić information content (AvgIpc) is 2.61. The predicted molar refractivity (Wildman–Crippen MR) is 97.5 cm³/mol. The first-order valence-corrected chi connectivity index (χ1v) is 9.77. The molecule has 0 fully saturated rings. The van der Waals surface area contributed by atoms with E-state index < -0.39 is 27.3 Å². The molecule has 0 aliphatic heterocycles. The smallest absolute Gasteiger partial charge is 0.365 e. The van der Waals surface area contributed by atoms with E-state index in [1.807, 2.05) is 30.3 Å². The summed E-state index contributed by atoms with van der Waals surface area (Å²) in [5, 5.41) is 0. The number of methoxy groups -OCH3 is 1. The molecule has 0 spiro atoms. The molecule has 0 saturated heterocycles. The second kappa shape index (κ2) is 7.88. The summed E-state index contributed by atoms with van der Waals surface area (Å²) >= 11 is 0. The molecule has 6 nitrogen and oxygen atoms in total. The number of hydrogen-bond acceptors (Lipinski definition) is 5. The highest BCUT2D eigenvalue weighted by molar-refractivity contribution is 7.91. The van der Waals surface area contributed by atoms with E-state index in [0.29, 0.717) is 11.5 Å². The van der Waals surface area contributed by atoms with Crippen LogP contribution in [0.4, 0.5) is 0 Å². The van der Waals surface area contributed by atoms with Crippen molar-refractivity contribution in [3.63, 3.8) is 0 Å². The first-order chi connectivity index (χ1) is 12.2. The van der Waals surface area contributed by atoms with E-state index in [2.05, 4.69) is 10.5 Å². The summed E-state index contributed by atoms with van der Waals surface area (Å²) < 4.78 is 35.8. The van der Waals surface area contributed by atoms with Gasteiger partial charge in [-0.2, -0.15) is 0 Å². The lowest BCUT2D eigenvalue weighted by Crippen LogP contribution is -2.72. The van der Waals surface area contributed by atoms with Gasteiger partial charge in [-0.05, 0) is 36.4 Å². The molecule has 0 saturated carbocycles. The topological polar surface area (TPSA) is 97.3 Å². The number of esters is 1. The average molecular weight is 378 g/mol. The maximum Gasteiger partial charge on any atom is 0.365 e. The molecule has 26 heavy (non-hydrogen) atoms. The van der Waals surface area contributed by atoms with Crippen molar-refractivity contribution in [2.75, 3.05) is 12.9 Å². The lowest BCUT2D eigenvalue weighted by molar-refractivity contribution is -0.429. The number of carbonyl (C=O) groups excluding carboxylic acids is 1. The summed E-state index contributed by atoms with van der Waals surface area (Å²) in [7, 11) is -2.34. The van der Waals surface area contributed by atoms with Gasteiger partial charge in [0.2, 0.25) is 0 Å². The Balaban J connectivity index is 2.15. The Bertz CT molecular complexity index is 845. The van der Waals surface area contributed by atoms with E-state index in [1.54, 1.807) is 26.0 Å². The molecule has 0 aromatic heterocycles. The summed E-state index contributed by atoms with van der Waals surface area (Å²) in [5.41, 5.74) is 2.89. The number of quaternary nitrogens is 1. The third kappa shape index (κ3) is 4.83. The molecule has 3 N–H and O–H groups in total. The fourth-order valence-corrected chi connectivity index (χ4v) is 4.37. The molecule has 140 valence electrons. The Morgan fingerprint density at radius 1 is 1.04 bits per heavy atom.